The molecule has 18 heavy (non-hydrogen) atoms. The molecule has 0 radical (unpaired) electrons. The molecule has 92 valence electrons. The van der Waals surface area contributed by atoms with Gasteiger partial charge < -0.3 is 4.98 Å². The zero-order chi connectivity index (χ0) is 12.8. The van der Waals surface area contributed by atoms with Crippen LogP contribution in [0.1, 0.15) is 22.8 Å². The molecule has 0 atom stereocenters. The van der Waals surface area contributed by atoms with Gasteiger partial charge in [-0.2, -0.15) is 0 Å². The lowest BCUT2D eigenvalue weighted by Gasteiger charge is -1.96. The first-order valence-electron chi connectivity index (χ1n) is 6.16. The maximum absolute atomic E-state index is 4.64. The molecule has 0 aliphatic rings. The molecule has 1 N–H and O–H groups in total. The van der Waals surface area contributed by atoms with Crippen molar-refractivity contribution in [3.63, 3.8) is 0 Å². The number of nitrogens with zero attached hydrogens (tertiary/aromatic N) is 1. The molecule has 2 rings (SSSR count). The molecule has 2 aromatic rings. The Balaban J connectivity index is 2.20. The normalized spacial score (nSPS) is 10.2. The molecule has 0 spiro atoms. The smallest absolute Gasteiger partial charge is 0.111 e. The standard InChI is InChI=1S/C16H18N2/c1-3-8-14-15(9-4-2)18-16(17-14)12-13-10-6-5-7-11-13/h3-7,10-11H,1-2,8-9,12H2,(H,17,18). The first kappa shape index (κ1) is 12.4. The Morgan fingerprint density at radius 3 is 2.44 bits per heavy atom. The van der Waals surface area contributed by atoms with E-state index in [-0.39, 0.29) is 0 Å². The van der Waals surface area contributed by atoms with Crippen LogP contribution in [0.4, 0.5) is 0 Å². The molecule has 0 amide bonds. The van der Waals surface area contributed by atoms with Crippen LogP contribution in [0.25, 0.3) is 0 Å². The van der Waals surface area contributed by atoms with Gasteiger partial charge in [-0.3, -0.25) is 0 Å². The van der Waals surface area contributed by atoms with Crippen LogP contribution in [-0.2, 0) is 19.3 Å². The number of allylic oxidation sites excluding steroid dienone is 2. The second-order valence-electron chi connectivity index (χ2n) is 4.26. The van der Waals surface area contributed by atoms with E-state index < -0.39 is 0 Å². The fourth-order valence-electron chi connectivity index (χ4n) is 2.00. The predicted octanol–water partition coefficient (Wildman–Crippen LogP) is 3.46. The molecule has 2 nitrogen and oxygen atoms in total. The van der Waals surface area contributed by atoms with Gasteiger partial charge in [-0.1, -0.05) is 42.5 Å². The van der Waals surface area contributed by atoms with Crippen LogP contribution in [0.15, 0.2) is 55.6 Å². The molecule has 0 saturated carbocycles. The van der Waals surface area contributed by atoms with Crippen LogP contribution in [0, 0.1) is 0 Å². The maximum atomic E-state index is 4.64. The van der Waals surface area contributed by atoms with Crippen molar-refractivity contribution in [1.29, 1.82) is 0 Å². The zero-order valence-electron chi connectivity index (χ0n) is 10.5. The highest BCUT2D eigenvalue weighted by Gasteiger charge is 2.08. The SMILES string of the molecule is C=CCc1nc(Cc2ccccc2)[nH]c1CC=C. The second kappa shape index (κ2) is 6.01. The summed E-state index contributed by atoms with van der Waals surface area (Å²) in [6, 6.07) is 10.4. The maximum Gasteiger partial charge on any atom is 0.111 e. The van der Waals surface area contributed by atoms with Gasteiger partial charge in [-0.15, -0.1) is 13.2 Å². The number of rotatable bonds is 6. The van der Waals surface area contributed by atoms with E-state index in [1.165, 1.54) is 5.56 Å². The molecule has 1 heterocycles. The number of benzene rings is 1. The van der Waals surface area contributed by atoms with Crippen molar-refractivity contribution in [2.75, 3.05) is 0 Å². The second-order valence-corrected chi connectivity index (χ2v) is 4.26. The van der Waals surface area contributed by atoms with E-state index in [0.29, 0.717) is 0 Å². The molecule has 1 aromatic carbocycles. The van der Waals surface area contributed by atoms with Gasteiger partial charge in [-0.05, 0) is 5.56 Å². The number of H-pyrrole nitrogens is 1. The van der Waals surface area contributed by atoms with E-state index >= 15 is 0 Å². The van der Waals surface area contributed by atoms with Crippen LogP contribution in [0.3, 0.4) is 0 Å². The van der Waals surface area contributed by atoms with E-state index in [0.717, 1.165) is 36.5 Å². The van der Waals surface area contributed by atoms with E-state index in [4.69, 9.17) is 0 Å². The van der Waals surface area contributed by atoms with Crippen molar-refractivity contribution in [3.05, 3.63) is 78.4 Å². The third kappa shape index (κ3) is 2.98. The van der Waals surface area contributed by atoms with Gasteiger partial charge in [0, 0.05) is 25.0 Å². The van der Waals surface area contributed by atoms with Crippen LogP contribution >= 0.6 is 0 Å². The van der Waals surface area contributed by atoms with Crippen LogP contribution < -0.4 is 0 Å². The Morgan fingerprint density at radius 1 is 1.06 bits per heavy atom. The minimum atomic E-state index is 0.800. The number of hydrogen-bond acceptors (Lipinski definition) is 1. The molecule has 2 heteroatoms. The lowest BCUT2D eigenvalue weighted by atomic mass is 10.1. The van der Waals surface area contributed by atoms with Crippen LogP contribution in [-0.4, -0.2) is 9.97 Å². The average Bonchev–Trinajstić information content (AvgIpc) is 2.74. The highest BCUT2D eigenvalue weighted by molar-refractivity contribution is 5.24. The number of aromatic amines is 1. The van der Waals surface area contributed by atoms with E-state index in [2.05, 4.69) is 35.3 Å². The third-order valence-electron chi connectivity index (χ3n) is 2.81. The quantitative estimate of drug-likeness (QED) is 0.767. The minimum Gasteiger partial charge on any atom is -0.345 e. The van der Waals surface area contributed by atoms with Crippen molar-refractivity contribution < 1.29 is 0 Å². The minimum absolute atomic E-state index is 0.800. The zero-order valence-corrected chi connectivity index (χ0v) is 10.5. The number of aromatic nitrogens is 2. The summed E-state index contributed by atoms with van der Waals surface area (Å²) >= 11 is 0. The lowest BCUT2D eigenvalue weighted by Crippen LogP contribution is -1.90. The summed E-state index contributed by atoms with van der Waals surface area (Å²) in [5.41, 5.74) is 3.49. The average molecular weight is 238 g/mol. The third-order valence-corrected chi connectivity index (χ3v) is 2.81. The number of hydrogen-bond donors (Lipinski definition) is 1. The van der Waals surface area contributed by atoms with Crippen molar-refractivity contribution in [2.45, 2.75) is 19.3 Å². The van der Waals surface area contributed by atoms with Crippen molar-refractivity contribution >= 4 is 0 Å². The summed E-state index contributed by atoms with van der Waals surface area (Å²) in [5.74, 6) is 1.01. The van der Waals surface area contributed by atoms with Crippen molar-refractivity contribution in [2.24, 2.45) is 0 Å². The summed E-state index contributed by atoms with van der Waals surface area (Å²) in [5, 5.41) is 0. The topological polar surface area (TPSA) is 28.7 Å². The summed E-state index contributed by atoms with van der Waals surface area (Å²) in [6.45, 7) is 7.55. The summed E-state index contributed by atoms with van der Waals surface area (Å²) in [4.78, 5) is 8.03. The fourth-order valence-corrected chi connectivity index (χ4v) is 2.00. The molecule has 0 aliphatic carbocycles. The Bertz CT molecular complexity index is 496. The molecule has 0 aliphatic heterocycles. The monoisotopic (exact) mass is 238 g/mol. The molecule has 1 aromatic heterocycles. The Kier molecular flexibility index (Phi) is 4.13. The molecule has 0 bridgehead atoms. The molecular weight excluding hydrogens is 220 g/mol. The molecular formula is C16H18N2. The fraction of sp³-hybridized carbons (Fsp3) is 0.188. The predicted molar refractivity (Wildman–Crippen MR) is 75.6 cm³/mol. The first-order valence-corrected chi connectivity index (χ1v) is 6.16. The van der Waals surface area contributed by atoms with Gasteiger partial charge in [0.05, 0.1) is 5.69 Å². The molecule has 0 fully saturated rings. The molecule has 0 unspecified atom stereocenters. The Hall–Kier alpha value is -2.09. The first-order chi connectivity index (χ1) is 8.83. The molecule has 0 saturated heterocycles. The number of nitrogens with one attached hydrogen (secondary N) is 1. The largest absolute Gasteiger partial charge is 0.345 e. The van der Waals surface area contributed by atoms with E-state index in [9.17, 15) is 0 Å². The highest BCUT2D eigenvalue weighted by Crippen LogP contribution is 2.12. The van der Waals surface area contributed by atoms with Gasteiger partial charge in [-0.25, -0.2) is 4.98 Å². The summed E-state index contributed by atoms with van der Waals surface area (Å²) in [6.07, 6.45) is 6.24. The Labute approximate surface area is 108 Å². The van der Waals surface area contributed by atoms with Crippen molar-refractivity contribution in [3.8, 4) is 0 Å². The van der Waals surface area contributed by atoms with Crippen molar-refractivity contribution in [1.82, 2.24) is 9.97 Å². The Morgan fingerprint density at radius 2 is 1.78 bits per heavy atom. The highest BCUT2D eigenvalue weighted by atomic mass is 14.9. The van der Waals surface area contributed by atoms with Gasteiger partial charge in [0.25, 0.3) is 0 Å². The van der Waals surface area contributed by atoms with Gasteiger partial charge in [0.2, 0.25) is 0 Å². The summed E-state index contributed by atoms with van der Waals surface area (Å²) in [7, 11) is 0. The van der Waals surface area contributed by atoms with Crippen LogP contribution in [0.2, 0.25) is 0 Å². The van der Waals surface area contributed by atoms with E-state index in [1.54, 1.807) is 0 Å². The summed E-state index contributed by atoms with van der Waals surface area (Å²) < 4.78 is 0. The van der Waals surface area contributed by atoms with Gasteiger partial charge in [0.1, 0.15) is 5.82 Å². The van der Waals surface area contributed by atoms with E-state index in [1.807, 2.05) is 30.4 Å². The van der Waals surface area contributed by atoms with Gasteiger partial charge >= 0.3 is 0 Å². The van der Waals surface area contributed by atoms with Gasteiger partial charge in [0.15, 0.2) is 0 Å². The van der Waals surface area contributed by atoms with Crippen LogP contribution in [0.5, 0.6) is 0 Å². The number of imidazole rings is 1. The lowest BCUT2D eigenvalue weighted by molar-refractivity contribution is 1.00.